The van der Waals surface area contributed by atoms with Crippen molar-refractivity contribution in [3.8, 4) is 5.75 Å². The lowest BCUT2D eigenvalue weighted by atomic mass is 9.98. The van der Waals surface area contributed by atoms with E-state index in [4.69, 9.17) is 10.5 Å². The molecule has 0 saturated carbocycles. The third-order valence-corrected chi connectivity index (χ3v) is 2.87. The highest BCUT2D eigenvalue weighted by Crippen LogP contribution is 2.30. The van der Waals surface area contributed by atoms with E-state index in [0.717, 1.165) is 11.1 Å². The van der Waals surface area contributed by atoms with Gasteiger partial charge in [0, 0.05) is 12.0 Å². The SMILES string of the molecule is COc1cc(C)c(C)cc1C(O)CCC(N)=O. The fraction of sp³-hybridized carbons (Fsp3) is 0.462. The van der Waals surface area contributed by atoms with Crippen LogP contribution in [0.5, 0.6) is 5.75 Å². The highest BCUT2D eigenvalue weighted by Gasteiger charge is 2.15. The summed E-state index contributed by atoms with van der Waals surface area (Å²) in [5, 5.41) is 10.0. The number of ether oxygens (including phenoxy) is 1. The first-order chi connectivity index (χ1) is 7.95. The smallest absolute Gasteiger partial charge is 0.217 e. The summed E-state index contributed by atoms with van der Waals surface area (Å²) in [4.78, 5) is 10.7. The van der Waals surface area contributed by atoms with Crippen molar-refractivity contribution in [2.75, 3.05) is 7.11 Å². The van der Waals surface area contributed by atoms with Crippen LogP contribution >= 0.6 is 0 Å². The minimum Gasteiger partial charge on any atom is -0.496 e. The molecule has 4 nitrogen and oxygen atoms in total. The molecule has 4 heteroatoms. The number of primary amides is 1. The summed E-state index contributed by atoms with van der Waals surface area (Å²) in [5.74, 6) is 0.233. The predicted molar refractivity (Wildman–Crippen MR) is 65.9 cm³/mol. The van der Waals surface area contributed by atoms with E-state index in [1.807, 2.05) is 26.0 Å². The minimum absolute atomic E-state index is 0.164. The average molecular weight is 237 g/mol. The molecule has 0 saturated heterocycles. The number of nitrogens with two attached hydrogens (primary N) is 1. The zero-order valence-electron chi connectivity index (χ0n) is 10.5. The van der Waals surface area contributed by atoms with Crippen LogP contribution in [0, 0.1) is 13.8 Å². The Labute approximate surface area is 101 Å². The standard InChI is InChI=1S/C13H19NO3/c1-8-6-10(11(15)4-5-13(14)16)12(17-3)7-9(8)2/h6-7,11,15H,4-5H2,1-3H3,(H2,14,16). The molecule has 0 bridgehead atoms. The Hall–Kier alpha value is -1.55. The Morgan fingerprint density at radius 1 is 1.41 bits per heavy atom. The van der Waals surface area contributed by atoms with Crippen molar-refractivity contribution < 1.29 is 14.6 Å². The summed E-state index contributed by atoms with van der Waals surface area (Å²) >= 11 is 0. The van der Waals surface area contributed by atoms with E-state index >= 15 is 0 Å². The van der Waals surface area contributed by atoms with Crippen molar-refractivity contribution in [2.45, 2.75) is 32.8 Å². The Morgan fingerprint density at radius 2 is 2.00 bits per heavy atom. The number of methoxy groups -OCH3 is 1. The van der Waals surface area contributed by atoms with Crippen LogP contribution < -0.4 is 10.5 Å². The molecule has 1 amide bonds. The monoisotopic (exact) mass is 237 g/mol. The van der Waals surface area contributed by atoms with Crippen molar-refractivity contribution in [3.63, 3.8) is 0 Å². The largest absolute Gasteiger partial charge is 0.496 e. The molecule has 0 aliphatic heterocycles. The molecule has 0 aliphatic rings. The molecule has 94 valence electrons. The predicted octanol–water partition coefficient (Wildman–Crippen LogP) is 1.61. The van der Waals surface area contributed by atoms with Crippen LogP contribution in [0.1, 0.15) is 35.6 Å². The highest BCUT2D eigenvalue weighted by atomic mass is 16.5. The molecular formula is C13H19NO3. The maximum Gasteiger partial charge on any atom is 0.217 e. The second kappa shape index (κ2) is 5.68. The van der Waals surface area contributed by atoms with E-state index in [2.05, 4.69) is 0 Å². The number of amides is 1. The van der Waals surface area contributed by atoms with Crippen LogP contribution in [-0.2, 0) is 4.79 Å². The van der Waals surface area contributed by atoms with Crippen LogP contribution in [0.25, 0.3) is 0 Å². The van der Waals surface area contributed by atoms with Gasteiger partial charge in [0.2, 0.25) is 5.91 Å². The van der Waals surface area contributed by atoms with Crippen LogP contribution in [0.3, 0.4) is 0 Å². The quantitative estimate of drug-likeness (QED) is 0.817. The third-order valence-electron chi connectivity index (χ3n) is 2.87. The second-order valence-electron chi connectivity index (χ2n) is 4.20. The molecule has 1 aromatic rings. The average Bonchev–Trinajstić information content (AvgIpc) is 2.28. The molecule has 0 fully saturated rings. The van der Waals surface area contributed by atoms with Crippen molar-refractivity contribution in [1.82, 2.24) is 0 Å². The lowest BCUT2D eigenvalue weighted by Crippen LogP contribution is -2.12. The van der Waals surface area contributed by atoms with E-state index in [1.165, 1.54) is 0 Å². The molecule has 3 N–H and O–H groups in total. The summed E-state index contributed by atoms with van der Waals surface area (Å²) in [5.41, 5.74) is 7.95. The lowest BCUT2D eigenvalue weighted by Gasteiger charge is -2.16. The Balaban J connectivity index is 2.95. The summed E-state index contributed by atoms with van der Waals surface area (Å²) in [6.45, 7) is 3.95. The summed E-state index contributed by atoms with van der Waals surface area (Å²) in [7, 11) is 1.56. The van der Waals surface area contributed by atoms with Gasteiger partial charge in [-0.05, 0) is 43.5 Å². The Bertz CT molecular complexity index is 415. The summed E-state index contributed by atoms with van der Waals surface area (Å²) in [6.07, 6.45) is -0.248. The zero-order chi connectivity index (χ0) is 13.0. The first kappa shape index (κ1) is 13.5. The molecule has 1 unspecified atom stereocenters. The van der Waals surface area contributed by atoms with Crippen molar-refractivity contribution in [1.29, 1.82) is 0 Å². The minimum atomic E-state index is -0.725. The van der Waals surface area contributed by atoms with Gasteiger partial charge in [-0.15, -0.1) is 0 Å². The van der Waals surface area contributed by atoms with E-state index in [0.29, 0.717) is 17.7 Å². The van der Waals surface area contributed by atoms with Gasteiger partial charge >= 0.3 is 0 Å². The number of aryl methyl sites for hydroxylation is 2. The van der Waals surface area contributed by atoms with Crippen molar-refractivity contribution in [2.24, 2.45) is 5.73 Å². The fourth-order valence-corrected chi connectivity index (χ4v) is 1.68. The number of aliphatic hydroxyl groups excluding tert-OH is 1. The van der Waals surface area contributed by atoms with E-state index in [-0.39, 0.29) is 6.42 Å². The molecule has 0 heterocycles. The number of rotatable bonds is 5. The maximum absolute atomic E-state index is 10.7. The topological polar surface area (TPSA) is 72.6 Å². The first-order valence-corrected chi connectivity index (χ1v) is 5.57. The molecule has 0 aromatic heterocycles. The molecule has 17 heavy (non-hydrogen) atoms. The molecule has 0 aliphatic carbocycles. The Kier molecular flexibility index (Phi) is 4.52. The number of hydrogen-bond acceptors (Lipinski definition) is 3. The molecule has 1 aromatic carbocycles. The Morgan fingerprint density at radius 3 is 2.53 bits per heavy atom. The second-order valence-corrected chi connectivity index (χ2v) is 4.20. The number of carbonyl (C=O) groups excluding carboxylic acids is 1. The van der Waals surface area contributed by atoms with E-state index in [1.54, 1.807) is 7.11 Å². The summed E-state index contributed by atoms with van der Waals surface area (Å²) in [6, 6.07) is 3.78. The number of aliphatic hydroxyl groups is 1. The van der Waals surface area contributed by atoms with Crippen molar-refractivity contribution in [3.05, 3.63) is 28.8 Å². The normalized spacial score (nSPS) is 12.2. The van der Waals surface area contributed by atoms with Crippen LogP contribution in [-0.4, -0.2) is 18.1 Å². The van der Waals surface area contributed by atoms with Gasteiger partial charge in [0.15, 0.2) is 0 Å². The highest BCUT2D eigenvalue weighted by molar-refractivity contribution is 5.73. The van der Waals surface area contributed by atoms with Gasteiger partial charge in [0.25, 0.3) is 0 Å². The van der Waals surface area contributed by atoms with Gasteiger partial charge < -0.3 is 15.6 Å². The van der Waals surface area contributed by atoms with Crippen LogP contribution in [0.4, 0.5) is 0 Å². The number of benzene rings is 1. The maximum atomic E-state index is 10.7. The first-order valence-electron chi connectivity index (χ1n) is 5.57. The molecule has 1 atom stereocenters. The molecule has 0 radical (unpaired) electrons. The van der Waals surface area contributed by atoms with Gasteiger partial charge in [-0.3, -0.25) is 4.79 Å². The van der Waals surface area contributed by atoms with Crippen molar-refractivity contribution >= 4 is 5.91 Å². The lowest BCUT2D eigenvalue weighted by molar-refractivity contribution is -0.118. The molecular weight excluding hydrogens is 218 g/mol. The number of hydrogen-bond donors (Lipinski definition) is 2. The van der Waals surface area contributed by atoms with Gasteiger partial charge in [-0.1, -0.05) is 0 Å². The van der Waals surface area contributed by atoms with Crippen LogP contribution in [0.2, 0.25) is 0 Å². The number of carbonyl (C=O) groups is 1. The van der Waals surface area contributed by atoms with Gasteiger partial charge in [0.1, 0.15) is 5.75 Å². The molecule has 1 rings (SSSR count). The van der Waals surface area contributed by atoms with Gasteiger partial charge in [-0.2, -0.15) is 0 Å². The van der Waals surface area contributed by atoms with Gasteiger partial charge in [0.05, 0.1) is 13.2 Å². The third kappa shape index (κ3) is 3.46. The fourth-order valence-electron chi connectivity index (χ4n) is 1.68. The van der Waals surface area contributed by atoms with Gasteiger partial charge in [-0.25, -0.2) is 0 Å². The molecule has 0 spiro atoms. The summed E-state index contributed by atoms with van der Waals surface area (Å²) < 4.78 is 5.23. The van der Waals surface area contributed by atoms with Crippen LogP contribution in [0.15, 0.2) is 12.1 Å². The van der Waals surface area contributed by atoms with E-state index in [9.17, 15) is 9.90 Å². The zero-order valence-corrected chi connectivity index (χ0v) is 10.5. The van der Waals surface area contributed by atoms with E-state index < -0.39 is 12.0 Å².